The average Bonchev–Trinajstić information content (AvgIpc) is 3.07. The van der Waals surface area contributed by atoms with E-state index in [1.165, 1.54) is 0 Å². The highest BCUT2D eigenvalue weighted by Gasteiger charge is 2.39. The molecule has 1 aromatic carbocycles. The number of benzene rings is 1. The van der Waals surface area contributed by atoms with Gasteiger partial charge in [-0.2, -0.15) is 5.10 Å². The Kier molecular flexibility index (Phi) is 3.50. The van der Waals surface area contributed by atoms with Gasteiger partial charge in [0.15, 0.2) is 11.4 Å². The third kappa shape index (κ3) is 2.42. The van der Waals surface area contributed by atoms with Crippen LogP contribution in [0, 0.1) is 6.92 Å². The van der Waals surface area contributed by atoms with Crippen molar-refractivity contribution < 1.29 is 14.3 Å². The number of allylic oxidation sites excluding steroid dienone is 2. The number of ether oxygens (including phenoxy) is 2. The smallest absolute Gasteiger partial charge is 0.228 e. The summed E-state index contributed by atoms with van der Waals surface area (Å²) < 4.78 is 13.0. The zero-order chi connectivity index (χ0) is 18.5. The minimum Gasteiger partial charge on any atom is -0.497 e. The standard InChI is InChI=1S/C20H18N4O3/c1-11-22-19-18-16(12-6-8-13(26-2)9-7-12)17-14(25)4-3-5-15(17)27-20(18)21-10-24(19)23-11/h6-10,16H,3-5H2,1-2H3/t16-/m0/s1. The van der Waals surface area contributed by atoms with Crippen LogP contribution >= 0.6 is 0 Å². The van der Waals surface area contributed by atoms with Gasteiger partial charge in [-0.3, -0.25) is 4.79 Å². The number of ketones is 1. The summed E-state index contributed by atoms with van der Waals surface area (Å²) in [5, 5.41) is 4.37. The van der Waals surface area contributed by atoms with Gasteiger partial charge in [-0.1, -0.05) is 12.1 Å². The summed E-state index contributed by atoms with van der Waals surface area (Å²) in [7, 11) is 1.64. The third-order valence-electron chi connectivity index (χ3n) is 5.15. The van der Waals surface area contributed by atoms with Crippen LogP contribution in [0.25, 0.3) is 5.65 Å². The maximum Gasteiger partial charge on any atom is 0.228 e. The quantitative estimate of drug-likeness (QED) is 0.697. The summed E-state index contributed by atoms with van der Waals surface area (Å²) in [5.74, 6) is 2.50. The van der Waals surface area contributed by atoms with Crippen LogP contribution in [0.4, 0.5) is 0 Å². The van der Waals surface area contributed by atoms with E-state index >= 15 is 0 Å². The lowest BCUT2D eigenvalue weighted by atomic mass is 9.78. The molecule has 0 radical (unpaired) electrons. The van der Waals surface area contributed by atoms with E-state index in [9.17, 15) is 4.79 Å². The minimum atomic E-state index is -0.276. The molecule has 0 amide bonds. The van der Waals surface area contributed by atoms with Crippen molar-refractivity contribution >= 4 is 11.4 Å². The number of rotatable bonds is 2. The molecule has 7 nitrogen and oxygen atoms in total. The predicted molar refractivity (Wildman–Crippen MR) is 96.9 cm³/mol. The number of carbonyl (C=O) groups is 1. The van der Waals surface area contributed by atoms with Crippen LogP contribution in [0.3, 0.4) is 0 Å². The summed E-state index contributed by atoms with van der Waals surface area (Å²) in [6, 6.07) is 7.77. The summed E-state index contributed by atoms with van der Waals surface area (Å²) in [4.78, 5) is 21.9. The zero-order valence-electron chi connectivity index (χ0n) is 15.1. The fourth-order valence-electron chi connectivity index (χ4n) is 3.95. The molecule has 1 atom stereocenters. The number of fused-ring (bicyclic) bond motifs is 3. The number of aryl methyl sites for hydroxylation is 1. The van der Waals surface area contributed by atoms with Gasteiger partial charge in [-0.05, 0) is 31.0 Å². The Morgan fingerprint density at radius 2 is 2.04 bits per heavy atom. The van der Waals surface area contributed by atoms with Gasteiger partial charge in [-0.15, -0.1) is 0 Å². The Morgan fingerprint density at radius 3 is 2.81 bits per heavy atom. The molecule has 0 saturated carbocycles. The van der Waals surface area contributed by atoms with Crippen molar-refractivity contribution in [1.29, 1.82) is 0 Å². The van der Waals surface area contributed by atoms with Crippen molar-refractivity contribution in [3.8, 4) is 11.6 Å². The molecule has 3 heterocycles. The van der Waals surface area contributed by atoms with Gasteiger partial charge in [0.25, 0.3) is 0 Å². The molecule has 5 rings (SSSR count). The Hall–Kier alpha value is -3.22. The van der Waals surface area contributed by atoms with Crippen LogP contribution in [-0.2, 0) is 4.79 Å². The van der Waals surface area contributed by atoms with Gasteiger partial charge < -0.3 is 9.47 Å². The maximum absolute atomic E-state index is 12.9. The van der Waals surface area contributed by atoms with Crippen molar-refractivity contribution in [1.82, 2.24) is 19.6 Å². The van der Waals surface area contributed by atoms with Crippen LogP contribution in [0.1, 0.15) is 42.1 Å². The van der Waals surface area contributed by atoms with E-state index in [0.29, 0.717) is 23.8 Å². The second kappa shape index (κ2) is 5.90. The Bertz CT molecular complexity index is 1100. The minimum absolute atomic E-state index is 0.126. The normalized spacial score (nSPS) is 18.9. The van der Waals surface area contributed by atoms with Gasteiger partial charge in [0, 0.05) is 24.3 Å². The van der Waals surface area contributed by atoms with Crippen molar-refractivity contribution in [2.45, 2.75) is 32.1 Å². The SMILES string of the molecule is COc1ccc([C@H]2C3=C(CCCC3=O)Oc3ncn4nc(C)nc4c32)cc1. The first-order valence-electron chi connectivity index (χ1n) is 8.95. The van der Waals surface area contributed by atoms with Gasteiger partial charge in [0.2, 0.25) is 5.88 Å². The molecular weight excluding hydrogens is 344 g/mol. The van der Waals surface area contributed by atoms with E-state index in [0.717, 1.165) is 41.1 Å². The molecule has 0 unspecified atom stereocenters. The lowest BCUT2D eigenvalue weighted by Crippen LogP contribution is -2.26. The van der Waals surface area contributed by atoms with Crippen molar-refractivity contribution in [2.75, 3.05) is 7.11 Å². The largest absolute Gasteiger partial charge is 0.497 e. The number of carbonyl (C=O) groups excluding carboxylic acids is 1. The lowest BCUT2D eigenvalue weighted by molar-refractivity contribution is -0.116. The number of hydrogen-bond donors (Lipinski definition) is 0. The number of Topliss-reactive ketones (excluding diaryl/α,β-unsaturated/α-hetero) is 1. The molecule has 27 heavy (non-hydrogen) atoms. The topological polar surface area (TPSA) is 78.6 Å². The molecule has 136 valence electrons. The molecule has 0 spiro atoms. The third-order valence-corrected chi connectivity index (χ3v) is 5.15. The summed E-state index contributed by atoms with van der Waals surface area (Å²) in [6.45, 7) is 1.84. The second-order valence-electron chi connectivity index (χ2n) is 6.81. The molecule has 0 fully saturated rings. The molecule has 0 bridgehead atoms. The lowest BCUT2D eigenvalue weighted by Gasteiger charge is -2.32. The van der Waals surface area contributed by atoms with Crippen LogP contribution in [-0.4, -0.2) is 32.5 Å². The van der Waals surface area contributed by atoms with Gasteiger partial charge >= 0.3 is 0 Å². The van der Waals surface area contributed by atoms with Crippen LogP contribution in [0.15, 0.2) is 41.9 Å². The van der Waals surface area contributed by atoms with Crippen molar-refractivity contribution in [2.24, 2.45) is 0 Å². The summed E-state index contributed by atoms with van der Waals surface area (Å²) in [5.41, 5.74) is 3.16. The van der Waals surface area contributed by atoms with Gasteiger partial charge in [0.05, 0.1) is 12.7 Å². The number of hydrogen-bond acceptors (Lipinski definition) is 6. The Labute approximate surface area is 155 Å². The second-order valence-corrected chi connectivity index (χ2v) is 6.81. The number of nitrogens with zero attached hydrogens (tertiary/aromatic N) is 4. The molecular formula is C20H18N4O3. The fourth-order valence-corrected chi connectivity index (χ4v) is 3.95. The highest BCUT2D eigenvalue weighted by atomic mass is 16.5. The molecule has 7 heteroatoms. The molecule has 2 aromatic heterocycles. The van der Waals surface area contributed by atoms with Crippen molar-refractivity contribution in [3.05, 3.63) is 58.9 Å². The maximum atomic E-state index is 12.9. The molecule has 1 aliphatic carbocycles. The van der Waals surface area contributed by atoms with E-state index in [4.69, 9.17) is 9.47 Å². The number of aromatic nitrogens is 4. The highest BCUT2D eigenvalue weighted by molar-refractivity contribution is 6.00. The summed E-state index contributed by atoms with van der Waals surface area (Å²) in [6.07, 6.45) is 3.68. The van der Waals surface area contributed by atoms with Crippen molar-refractivity contribution in [3.63, 3.8) is 0 Å². The Morgan fingerprint density at radius 1 is 1.22 bits per heavy atom. The van der Waals surface area contributed by atoms with E-state index < -0.39 is 0 Å². The van der Waals surface area contributed by atoms with Crippen LogP contribution in [0.2, 0.25) is 0 Å². The first kappa shape index (κ1) is 16.0. The van der Waals surface area contributed by atoms with E-state index in [1.807, 2.05) is 31.2 Å². The van der Waals surface area contributed by atoms with Gasteiger partial charge in [-0.25, -0.2) is 14.5 Å². The molecule has 1 aliphatic heterocycles. The highest BCUT2D eigenvalue weighted by Crippen LogP contribution is 2.47. The molecule has 0 saturated heterocycles. The fraction of sp³-hybridized carbons (Fsp3) is 0.300. The first-order chi connectivity index (χ1) is 13.2. The monoisotopic (exact) mass is 362 g/mol. The van der Waals surface area contributed by atoms with Crippen LogP contribution < -0.4 is 9.47 Å². The number of methoxy groups -OCH3 is 1. The summed E-state index contributed by atoms with van der Waals surface area (Å²) >= 11 is 0. The van der Waals surface area contributed by atoms with E-state index in [2.05, 4.69) is 15.1 Å². The van der Waals surface area contributed by atoms with Gasteiger partial charge in [0.1, 0.15) is 23.7 Å². The van der Waals surface area contributed by atoms with E-state index in [-0.39, 0.29) is 11.7 Å². The van der Waals surface area contributed by atoms with E-state index in [1.54, 1.807) is 18.0 Å². The predicted octanol–water partition coefficient (Wildman–Crippen LogP) is 2.97. The first-order valence-corrected chi connectivity index (χ1v) is 8.95. The average molecular weight is 362 g/mol. The molecule has 3 aromatic rings. The van der Waals surface area contributed by atoms with Crippen LogP contribution in [0.5, 0.6) is 11.6 Å². The molecule has 2 aliphatic rings. The Balaban J connectivity index is 1.79. The molecule has 0 N–H and O–H groups in total. The zero-order valence-corrected chi connectivity index (χ0v) is 15.1.